The monoisotopic (exact) mass is 495 g/mol. The number of fused-ring (bicyclic) bond motifs is 3. The Morgan fingerprint density at radius 3 is 2.74 bits per heavy atom. The summed E-state index contributed by atoms with van der Waals surface area (Å²) in [5.41, 5.74) is 3.53. The molecule has 2 unspecified atom stereocenters. The maximum absolute atomic E-state index is 12.9. The first-order valence-corrected chi connectivity index (χ1v) is 13.1. The summed E-state index contributed by atoms with van der Waals surface area (Å²) in [7, 11) is 0. The van der Waals surface area contributed by atoms with E-state index in [1.165, 1.54) is 5.69 Å². The summed E-state index contributed by atoms with van der Waals surface area (Å²) >= 11 is 6.14. The average Bonchev–Trinajstić information content (AvgIpc) is 2.87. The number of rotatable bonds is 6. The number of piperidine rings is 1. The number of amides is 2. The SMILES string of the molecule is CC(CNC(=O)c1ccc2c(c1)NC(=O)C1CCCCN21)CN1CCN(c2cccc(Cl)c2)CC1. The van der Waals surface area contributed by atoms with E-state index < -0.39 is 0 Å². The molecule has 2 amide bonds. The lowest BCUT2D eigenvalue weighted by Gasteiger charge is -2.41. The van der Waals surface area contributed by atoms with Gasteiger partial charge >= 0.3 is 0 Å². The van der Waals surface area contributed by atoms with Crippen molar-refractivity contribution in [3.05, 3.63) is 53.1 Å². The van der Waals surface area contributed by atoms with E-state index in [0.29, 0.717) is 18.0 Å². The van der Waals surface area contributed by atoms with Crippen molar-refractivity contribution in [2.45, 2.75) is 32.2 Å². The van der Waals surface area contributed by atoms with Crippen LogP contribution < -0.4 is 20.4 Å². The van der Waals surface area contributed by atoms with Crippen molar-refractivity contribution < 1.29 is 9.59 Å². The van der Waals surface area contributed by atoms with Gasteiger partial charge < -0.3 is 20.4 Å². The Morgan fingerprint density at radius 2 is 1.94 bits per heavy atom. The van der Waals surface area contributed by atoms with Gasteiger partial charge in [0, 0.05) is 62.1 Å². The molecule has 3 aliphatic heterocycles. The van der Waals surface area contributed by atoms with Gasteiger partial charge in [0.1, 0.15) is 6.04 Å². The molecule has 3 aliphatic rings. The second-order valence-corrected chi connectivity index (χ2v) is 10.4. The van der Waals surface area contributed by atoms with Crippen molar-refractivity contribution in [2.24, 2.45) is 5.92 Å². The van der Waals surface area contributed by atoms with Crippen LogP contribution in [0.2, 0.25) is 5.02 Å². The largest absolute Gasteiger partial charge is 0.369 e. The van der Waals surface area contributed by atoms with E-state index in [1.54, 1.807) is 0 Å². The highest BCUT2D eigenvalue weighted by atomic mass is 35.5. The number of benzene rings is 2. The van der Waals surface area contributed by atoms with Gasteiger partial charge in [0.15, 0.2) is 0 Å². The van der Waals surface area contributed by atoms with Gasteiger partial charge in [0.05, 0.1) is 11.4 Å². The molecule has 7 nitrogen and oxygen atoms in total. The van der Waals surface area contributed by atoms with Gasteiger partial charge in [-0.1, -0.05) is 24.6 Å². The van der Waals surface area contributed by atoms with E-state index in [1.807, 2.05) is 36.4 Å². The molecule has 0 spiro atoms. The summed E-state index contributed by atoms with van der Waals surface area (Å²) < 4.78 is 0. The molecule has 2 saturated heterocycles. The molecule has 5 rings (SSSR count). The first-order chi connectivity index (χ1) is 17.0. The van der Waals surface area contributed by atoms with E-state index in [0.717, 1.165) is 74.9 Å². The van der Waals surface area contributed by atoms with E-state index >= 15 is 0 Å². The van der Waals surface area contributed by atoms with E-state index in [2.05, 4.69) is 38.3 Å². The molecule has 0 saturated carbocycles. The molecule has 8 heteroatoms. The Labute approximate surface area is 212 Å². The topological polar surface area (TPSA) is 67.9 Å². The Bertz CT molecular complexity index is 1080. The van der Waals surface area contributed by atoms with Crippen molar-refractivity contribution in [3.63, 3.8) is 0 Å². The Morgan fingerprint density at radius 1 is 1.11 bits per heavy atom. The van der Waals surface area contributed by atoms with E-state index in [9.17, 15) is 9.59 Å². The lowest BCUT2D eigenvalue weighted by Crippen LogP contribution is -2.50. The number of nitrogens with zero attached hydrogens (tertiary/aromatic N) is 3. The molecular weight excluding hydrogens is 462 g/mol. The molecule has 0 radical (unpaired) electrons. The number of nitrogens with one attached hydrogen (secondary N) is 2. The highest BCUT2D eigenvalue weighted by Gasteiger charge is 2.34. The molecule has 2 atom stereocenters. The molecule has 0 aliphatic carbocycles. The quantitative estimate of drug-likeness (QED) is 0.637. The fourth-order valence-corrected chi connectivity index (χ4v) is 5.66. The molecule has 2 aromatic carbocycles. The van der Waals surface area contributed by atoms with Crippen molar-refractivity contribution in [1.29, 1.82) is 0 Å². The summed E-state index contributed by atoms with van der Waals surface area (Å²) in [5.74, 6) is 0.280. The van der Waals surface area contributed by atoms with Crippen LogP contribution in [0.3, 0.4) is 0 Å². The highest BCUT2D eigenvalue weighted by Crippen LogP contribution is 2.36. The van der Waals surface area contributed by atoms with E-state index in [-0.39, 0.29) is 17.9 Å². The van der Waals surface area contributed by atoms with Crippen LogP contribution >= 0.6 is 11.6 Å². The first-order valence-electron chi connectivity index (χ1n) is 12.7. The summed E-state index contributed by atoms with van der Waals surface area (Å²) in [6.45, 7) is 8.55. The van der Waals surface area contributed by atoms with Crippen molar-refractivity contribution in [1.82, 2.24) is 10.2 Å². The third-order valence-electron chi connectivity index (χ3n) is 7.36. The molecule has 0 bridgehead atoms. The number of hydrogen-bond donors (Lipinski definition) is 2. The van der Waals surface area contributed by atoms with Gasteiger partial charge in [-0.3, -0.25) is 14.5 Å². The third-order valence-corrected chi connectivity index (χ3v) is 7.59. The summed E-state index contributed by atoms with van der Waals surface area (Å²) in [4.78, 5) is 32.4. The minimum Gasteiger partial charge on any atom is -0.369 e. The zero-order chi connectivity index (χ0) is 24.4. The predicted octanol–water partition coefficient (Wildman–Crippen LogP) is 3.84. The average molecular weight is 496 g/mol. The zero-order valence-electron chi connectivity index (χ0n) is 20.3. The lowest BCUT2D eigenvalue weighted by atomic mass is 9.97. The molecule has 3 heterocycles. The van der Waals surface area contributed by atoms with Crippen molar-refractivity contribution in [3.8, 4) is 0 Å². The summed E-state index contributed by atoms with van der Waals surface area (Å²) in [5, 5.41) is 6.87. The van der Waals surface area contributed by atoms with Crippen LogP contribution in [0.5, 0.6) is 0 Å². The van der Waals surface area contributed by atoms with Crippen LogP contribution in [0.15, 0.2) is 42.5 Å². The number of anilines is 3. The maximum atomic E-state index is 12.9. The number of hydrogen-bond acceptors (Lipinski definition) is 5. The van der Waals surface area contributed by atoms with Gasteiger partial charge in [-0.2, -0.15) is 0 Å². The Kier molecular flexibility index (Phi) is 7.16. The van der Waals surface area contributed by atoms with Gasteiger partial charge in [-0.15, -0.1) is 0 Å². The second kappa shape index (κ2) is 10.5. The number of halogens is 1. The molecule has 186 valence electrons. The Balaban J connectivity index is 1.11. The predicted molar refractivity (Wildman–Crippen MR) is 142 cm³/mol. The standard InChI is InChI=1S/C27H34ClN5O2/c1-19(18-31-11-13-32(14-12-31)22-6-4-5-21(28)16-22)17-29-26(34)20-8-9-24-23(15-20)30-27(35)25-7-2-3-10-33(24)25/h4-6,8-9,15-16,19,25H,2-3,7,10-14,17-18H2,1H3,(H,29,34)(H,30,35). The van der Waals surface area contributed by atoms with Crippen molar-refractivity contribution >= 4 is 40.5 Å². The smallest absolute Gasteiger partial charge is 0.251 e. The number of carbonyl (C=O) groups excluding carboxylic acids is 2. The van der Waals surface area contributed by atoms with Crippen LogP contribution in [0.25, 0.3) is 0 Å². The van der Waals surface area contributed by atoms with Crippen LogP contribution in [0, 0.1) is 5.92 Å². The van der Waals surface area contributed by atoms with Gasteiger partial charge in [-0.25, -0.2) is 0 Å². The maximum Gasteiger partial charge on any atom is 0.251 e. The van der Waals surface area contributed by atoms with Gasteiger partial charge in [0.25, 0.3) is 5.91 Å². The summed E-state index contributed by atoms with van der Waals surface area (Å²) in [6.07, 6.45) is 3.07. The van der Waals surface area contributed by atoms with Gasteiger partial charge in [0.2, 0.25) is 5.91 Å². The highest BCUT2D eigenvalue weighted by molar-refractivity contribution is 6.30. The molecule has 35 heavy (non-hydrogen) atoms. The minimum atomic E-state index is -0.0968. The third kappa shape index (κ3) is 5.41. The number of piperazine rings is 1. The van der Waals surface area contributed by atoms with Gasteiger partial charge in [-0.05, 0) is 61.6 Å². The van der Waals surface area contributed by atoms with Crippen LogP contribution in [0.1, 0.15) is 36.5 Å². The number of carbonyl (C=O) groups is 2. The molecule has 0 aromatic heterocycles. The second-order valence-electron chi connectivity index (χ2n) is 10.0. The fourth-order valence-electron chi connectivity index (χ4n) is 5.47. The Hall–Kier alpha value is -2.77. The molecule has 2 aromatic rings. The van der Waals surface area contributed by atoms with Crippen LogP contribution in [0.4, 0.5) is 17.1 Å². The fraction of sp³-hybridized carbons (Fsp3) is 0.481. The molecular formula is C27H34ClN5O2. The normalized spacial score (nSPS) is 21.1. The zero-order valence-corrected chi connectivity index (χ0v) is 21.1. The lowest BCUT2D eigenvalue weighted by molar-refractivity contribution is -0.118. The molecule has 2 fully saturated rings. The minimum absolute atomic E-state index is 0.0406. The first kappa shape index (κ1) is 23.9. The van der Waals surface area contributed by atoms with E-state index in [4.69, 9.17) is 11.6 Å². The van der Waals surface area contributed by atoms with Crippen LogP contribution in [-0.2, 0) is 4.79 Å². The van der Waals surface area contributed by atoms with Crippen molar-refractivity contribution in [2.75, 3.05) is 60.9 Å². The molecule has 2 N–H and O–H groups in total. The van der Waals surface area contributed by atoms with Crippen LogP contribution in [-0.4, -0.2) is 68.6 Å². The summed E-state index contributed by atoms with van der Waals surface area (Å²) in [6, 6.07) is 13.6.